The van der Waals surface area contributed by atoms with Crippen molar-refractivity contribution in [1.82, 2.24) is 4.72 Å². The molecule has 0 aliphatic rings. The lowest BCUT2D eigenvalue weighted by Gasteiger charge is -2.09. The Balaban J connectivity index is 1.91. The number of hydrogen-bond donors (Lipinski definition) is 2. The standard InChI is InChI=1S/C18H22N2O3S/c1-14(2)18(21)20-17-10-8-15(9-11-17)12-19-24(22,23)13-16-6-4-3-5-7-16/h3-11,14,19H,12-13H2,1-2H3,(H,20,21). The van der Waals surface area contributed by atoms with Crippen LogP contribution in [0.15, 0.2) is 54.6 Å². The number of rotatable bonds is 7. The lowest BCUT2D eigenvalue weighted by Crippen LogP contribution is -2.24. The lowest BCUT2D eigenvalue weighted by atomic mass is 10.2. The number of nitrogens with one attached hydrogen (secondary N) is 2. The van der Waals surface area contributed by atoms with Gasteiger partial charge in [0.05, 0.1) is 5.75 Å². The number of carbonyl (C=O) groups excluding carboxylic acids is 1. The van der Waals surface area contributed by atoms with Crippen molar-refractivity contribution < 1.29 is 13.2 Å². The molecular weight excluding hydrogens is 324 g/mol. The van der Waals surface area contributed by atoms with Gasteiger partial charge in [-0.1, -0.05) is 56.3 Å². The first-order valence-corrected chi connectivity index (χ1v) is 9.42. The predicted molar refractivity (Wildman–Crippen MR) is 95.8 cm³/mol. The van der Waals surface area contributed by atoms with Gasteiger partial charge >= 0.3 is 0 Å². The number of hydrogen-bond acceptors (Lipinski definition) is 3. The van der Waals surface area contributed by atoms with Crippen LogP contribution in [-0.2, 0) is 27.1 Å². The highest BCUT2D eigenvalue weighted by Gasteiger charge is 2.11. The van der Waals surface area contributed by atoms with Crippen LogP contribution < -0.4 is 10.0 Å². The average molecular weight is 346 g/mol. The first-order chi connectivity index (χ1) is 11.4. The quantitative estimate of drug-likeness (QED) is 0.809. The number of sulfonamides is 1. The Bertz CT molecular complexity index is 770. The summed E-state index contributed by atoms with van der Waals surface area (Å²) >= 11 is 0. The highest BCUT2D eigenvalue weighted by molar-refractivity contribution is 7.88. The number of carbonyl (C=O) groups is 1. The minimum Gasteiger partial charge on any atom is -0.326 e. The molecule has 0 saturated carbocycles. The van der Waals surface area contributed by atoms with Gasteiger partial charge in [-0.25, -0.2) is 13.1 Å². The fourth-order valence-electron chi connectivity index (χ4n) is 2.03. The van der Waals surface area contributed by atoms with Gasteiger partial charge in [-0.15, -0.1) is 0 Å². The van der Waals surface area contributed by atoms with Gasteiger partial charge in [0.25, 0.3) is 0 Å². The van der Waals surface area contributed by atoms with Crippen LogP contribution >= 0.6 is 0 Å². The van der Waals surface area contributed by atoms with Gasteiger partial charge in [-0.3, -0.25) is 4.79 Å². The third-order valence-electron chi connectivity index (χ3n) is 3.44. The van der Waals surface area contributed by atoms with Gasteiger partial charge in [0.1, 0.15) is 0 Å². The van der Waals surface area contributed by atoms with Crippen molar-refractivity contribution in [3.05, 3.63) is 65.7 Å². The highest BCUT2D eigenvalue weighted by atomic mass is 32.2. The molecule has 0 aliphatic heterocycles. The van der Waals surface area contributed by atoms with Crippen LogP contribution in [0.1, 0.15) is 25.0 Å². The lowest BCUT2D eigenvalue weighted by molar-refractivity contribution is -0.118. The molecule has 0 radical (unpaired) electrons. The topological polar surface area (TPSA) is 75.3 Å². The zero-order valence-electron chi connectivity index (χ0n) is 13.8. The van der Waals surface area contributed by atoms with Crippen LogP contribution in [0.5, 0.6) is 0 Å². The van der Waals surface area contributed by atoms with Gasteiger partial charge in [-0.2, -0.15) is 0 Å². The average Bonchev–Trinajstić information content (AvgIpc) is 2.54. The van der Waals surface area contributed by atoms with Crippen LogP contribution in [0.3, 0.4) is 0 Å². The van der Waals surface area contributed by atoms with Gasteiger partial charge in [0.15, 0.2) is 0 Å². The van der Waals surface area contributed by atoms with E-state index in [9.17, 15) is 13.2 Å². The van der Waals surface area contributed by atoms with Crippen molar-refractivity contribution in [3.8, 4) is 0 Å². The van der Waals surface area contributed by atoms with E-state index in [1.54, 1.807) is 36.4 Å². The zero-order valence-corrected chi connectivity index (χ0v) is 14.6. The molecule has 2 aromatic carbocycles. The van der Waals surface area contributed by atoms with Crippen LogP contribution in [0, 0.1) is 5.92 Å². The molecule has 24 heavy (non-hydrogen) atoms. The largest absolute Gasteiger partial charge is 0.326 e. The molecule has 0 heterocycles. The Morgan fingerprint density at radius 1 is 0.958 bits per heavy atom. The van der Waals surface area contributed by atoms with Crippen molar-refractivity contribution in [2.75, 3.05) is 5.32 Å². The Labute approximate surface area is 143 Å². The summed E-state index contributed by atoms with van der Waals surface area (Å²) in [6.07, 6.45) is 0. The first-order valence-electron chi connectivity index (χ1n) is 7.77. The predicted octanol–water partition coefficient (Wildman–Crippen LogP) is 2.90. The van der Waals surface area contributed by atoms with Crippen molar-refractivity contribution in [3.63, 3.8) is 0 Å². The summed E-state index contributed by atoms with van der Waals surface area (Å²) in [6.45, 7) is 3.87. The Morgan fingerprint density at radius 3 is 2.17 bits per heavy atom. The third kappa shape index (κ3) is 5.79. The van der Waals surface area contributed by atoms with Crippen molar-refractivity contribution >= 4 is 21.6 Å². The van der Waals surface area contributed by atoms with Gasteiger partial charge < -0.3 is 5.32 Å². The molecule has 2 aromatic rings. The number of amides is 1. The Morgan fingerprint density at radius 2 is 1.58 bits per heavy atom. The molecule has 0 bridgehead atoms. The summed E-state index contributed by atoms with van der Waals surface area (Å²) in [7, 11) is -3.39. The number of benzene rings is 2. The summed E-state index contributed by atoms with van der Waals surface area (Å²) in [5.74, 6) is -0.183. The van der Waals surface area contributed by atoms with Crippen molar-refractivity contribution in [2.24, 2.45) is 5.92 Å². The van der Waals surface area contributed by atoms with E-state index in [1.165, 1.54) is 0 Å². The van der Waals surface area contributed by atoms with Crippen molar-refractivity contribution in [1.29, 1.82) is 0 Å². The van der Waals surface area contributed by atoms with E-state index in [2.05, 4.69) is 10.0 Å². The fourth-order valence-corrected chi connectivity index (χ4v) is 3.15. The Kier molecular flexibility index (Phi) is 6.11. The monoisotopic (exact) mass is 346 g/mol. The van der Waals surface area contributed by atoms with E-state index in [1.807, 2.05) is 32.0 Å². The molecule has 2 rings (SSSR count). The molecular formula is C18H22N2O3S. The molecule has 2 N–H and O–H groups in total. The molecule has 0 spiro atoms. The van der Waals surface area contributed by atoms with E-state index in [0.717, 1.165) is 11.1 Å². The van der Waals surface area contributed by atoms with Gasteiger partial charge in [0, 0.05) is 18.2 Å². The van der Waals surface area contributed by atoms with Crippen LogP contribution in [0.25, 0.3) is 0 Å². The van der Waals surface area contributed by atoms with E-state index in [4.69, 9.17) is 0 Å². The van der Waals surface area contributed by atoms with Crippen LogP contribution in [0.2, 0.25) is 0 Å². The van der Waals surface area contributed by atoms with Crippen LogP contribution in [-0.4, -0.2) is 14.3 Å². The number of anilines is 1. The molecule has 0 saturated heterocycles. The van der Waals surface area contributed by atoms with E-state index >= 15 is 0 Å². The normalized spacial score (nSPS) is 11.5. The highest BCUT2D eigenvalue weighted by Crippen LogP contribution is 2.12. The summed E-state index contributed by atoms with van der Waals surface area (Å²) in [5, 5.41) is 2.80. The molecule has 0 aliphatic carbocycles. The molecule has 128 valence electrons. The molecule has 0 aromatic heterocycles. The van der Waals surface area contributed by atoms with Crippen LogP contribution in [0.4, 0.5) is 5.69 Å². The second-order valence-corrected chi connectivity index (χ2v) is 7.71. The second-order valence-electron chi connectivity index (χ2n) is 5.91. The van der Waals surface area contributed by atoms with Crippen molar-refractivity contribution in [2.45, 2.75) is 26.1 Å². The SMILES string of the molecule is CC(C)C(=O)Nc1ccc(CNS(=O)(=O)Cc2ccccc2)cc1. The van der Waals surface area contributed by atoms with E-state index in [0.29, 0.717) is 5.69 Å². The molecule has 6 heteroatoms. The van der Waals surface area contributed by atoms with E-state index in [-0.39, 0.29) is 24.1 Å². The fraction of sp³-hybridized carbons (Fsp3) is 0.278. The third-order valence-corrected chi connectivity index (χ3v) is 4.74. The molecule has 0 unspecified atom stereocenters. The summed E-state index contributed by atoms with van der Waals surface area (Å²) in [6, 6.07) is 16.2. The van der Waals surface area contributed by atoms with Gasteiger partial charge in [-0.05, 0) is 23.3 Å². The summed E-state index contributed by atoms with van der Waals surface area (Å²) in [4.78, 5) is 11.6. The summed E-state index contributed by atoms with van der Waals surface area (Å²) in [5.41, 5.74) is 2.27. The van der Waals surface area contributed by atoms with Gasteiger partial charge in [0.2, 0.25) is 15.9 Å². The maximum Gasteiger partial charge on any atom is 0.226 e. The zero-order chi connectivity index (χ0) is 17.6. The molecule has 0 atom stereocenters. The summed E-state index contributed by atoms with van der Waals surface area (Å²) < 4.78 is 26.8. The Hall–Kier alpha value is -2.18. The minimum absolute atomic E-state index is 0.0453. The minimum atomic E-state index is -3.39. The second kappa shape index (κ2) is 8.08. The first kappa shape index (κ1) is 18.2. The van der Waals surface area contributed by atoms with E-state index < -0.39 is 10.0 Å². The maximum absolute atomic E-state index is 12.1. The smallest absolute Gasteiger partial charge is 0.226 e. The molecule has 5 nitrogen and oxygen atoms in total. The molecule has 0 fully saturated rings. The maximum atomic E-state index is 12.1. The molecule has 1 amide bonds.